The molecule has 0 aliphatic carbocycles. The molecular weight excluding hydrogens is 388 g/mol. The highest BCUT2D eigenvalue weighted by Gasteiger charge is 2.32. The van der Waals surface area contributed by atoms with Gasteiger partial charge in [-0.2, -0.15) is 0 Å². The van der Waals surface area contributed by atoms with Crippen molar-refractivity contribution < 1.29 is 14.6 Å². The number of carbonyl (C=O) groups is 1. The quantitative estimate of drug-likeness (QED) is 0.679. The van der Waals surface area contributed by atoms with E-state index in [1.807, 2.05) is 74.2 Å². The first-order valence-electron chi connectivity index (χ1n) is 11.3. The number of aliphatic hydroxyl groups excluding tert-OH is 1. The van der Waals surface area contributed by atoms with Gasteiger partial charge in [0.05, 0.1) is 6.10 Å². The Hall–Kier alpha value is -2.37. The number of nitrogens with zero attached hydrogens (tertiary/aromatic N) is 2. The van der Waals surface area contributed by atoms with Gasteiger partial charge < -0.3 is 14.7 Å². The molecule has 0 aromatic heterocycles. The maximum Gasteiger partial charge on any atom is 0.410 e. The lowest BCUT2D eigenvalue weighted by molar-refractivity contribution is 0.00207. The van der Waals surface area contributed by atoms with Gasteiger partial charge in [-0.25, -0.2) is 4.79 Å². The van der Waals surface area contributed by atoms with E-state index in [9.17, 15) is 9.90 Å². The van der Waals surface area contributed by atoms with E-state index in [0.29, 0.717) is 13.1 Å². The van der Waals surface area contributed by atoms with E-state index in [-0.39, 0.29) is 12.1 Å². The predicted molar refractivity (Wildman–Crippen MR) is 124 cm³/mol. The number of hydrogen-bond acceptors (Lipinski definition) is 4. The zero-order valence-corrected chi connectivity index (χ0v) is 19.0. The van der Waals surface area contributed by atoms with Crippen molar-refractivity contribution in [3.8, 4) is 0 Å². The van der Waals surface area contributed by atoms with Crippen LogP contribution in [0.4, 0.5) is 4.79 Å². The van der Waals surface area contributed by atoms with Crippen molar-refractivity contribution in [1.29, 1.82) is 0 Å². The van der Waals surface area contributed by atoms with E-state index < -0.39 is 11.7 Å². The van der Waals surface area contributed by atoms with Crippen LogP contribution in [0.25, 0.3) is 0 Å². The second-order valence-electron chi connectivity index (χ2n) is 9.43. The highest BCUT2D eigenvalue weighted by atomic mass is 16.6. The first kappa shape index (κ1) is 23.3. The van der Waals surface area contributed by atoms with Crippen LogP contribution in [0.15, 0.2) is 60.7 Å². The molecule has 0 spiro atoms. The molecule has 5 heteroatoms. The van der Waals surface area contributed by atoms with Gasteiger partial charge in [-0.1, -0.05) is 60.7 Å². The summed E-state index contributed by atoms with van der Waals surface area (Å²) >= 11 is 0. The van der Waals surface area contributed by atoms with E-state index in [1.54, 1.807) is 0 Å². The number of aliphatic hydroxyl groups is 1. The molecule has 1 unspecified atom stereocenters. The molecule has 5 nitrogen and oxygen atoms in total. The fourth-order valence-corrected chi connectivity index (χ4v) is 4.12. The molecular formula is C26H36N2O3. The highest BCUT2D eigenvalue weighted by molar-refractivity contribution is 5.68. The van der Waals surface area contributed by atoms with Crippen molar-refractivity contribution in [1.82, 2.24) is 9.80 Å². The number of hydrogen-bond donors (Lipinski definition) is 1. The fraction of sp³-hybridized carbons (Fsp3) is 0.500. The summed E-state index contributed by atoms with van der Waals surface area (Å²) in [5.41, 5.74) is 1.60. The van der Waals surface area contributed by atoms with Gasteiger partial charge in [0.1, 0.15) is 5.60 Å². The molecule has 1 amide bonds. The highest BCUT2D eigenvalue weighted by Crippen LogP contribution is 2.23. The lowest BCUT2D eigenvalue weighted by atomic mass is 10.0. The number of likely N-dealkylation sites (tertiary alicyclic amines) is 1. The van der Waals surface area contributed by atoms with Crippen molar-refractivity contribution >= 4 is 6.09 Å². The number of rotatable bonds is 7. The predicted octanol–water partition coefficient (Wildman–Crippen LogP) is 5.01. The topological polar surface area (TPSA) is 53.0 Å². The molecule has 1 heterocycles. The maximum absolute atomic E-state index is 12.8. The van der Waals surface area contributed by atoms with E-state index in [2.05, 4.69) is 17.0 Å². The third kappa shape index (κ3) is 7.37. The number of carbonyl (C=O) groups excluding carboxylic acids is 1. The summed E-state index contributed by atoms with van der Waals surface area (Å²) in [6, 6.07) is 20.1. The van der Waals surface area contributed by atoms with E-state index in [4.69, 9.17) is 4.74 Å². The average Bonchev–Trinajstić information content (AvgIpc) is 2.74. The molecule has 2 aromatic rings. The minimum Gasteiger partial charge on any atom is -0.444 e. The molecule has 3 rings (SSSR count). The van der Waals surface area contributed by atoms with Gasteiger partial charge in [0.25, 0.3) is 0 Å². The molecule has 31 heavy (non-hydrogen) atoms. The monoisotopic (exact) mass is 424 g/mol. The van der Waals surface area contributed by atoms with Crippen molar-refractivity contribution in [3.05, 3.63) is 71.8 Å². The molecule has 168 valence electrons. The molecule has 0 saturated carbocycles. The minimum absolute atomic E-state index is 0.0790. The average molecular weight is 425 g/mol. The van der Waals surface area contributed by atoms with Gasteiger partial charge >= 0.3 is 6.09 Å². The lowest BCUT2D eigenvalue weighted by Gasteiger charge is -2.39. The van der Waals surface area contributed by atoms with Gasteiger partial charge in [0.15, 0.2) is 0 Å². The molecule has 1 saturated heterocycles. The summed E-state index contributed by atoms with van der Waals surface area (Å²) in [4.78, 5) is 17.0. The Morgan fingerprint density at radius 2 is 1.74 bits per heavy atom. The molecule has 1 N–H and O–H groups in total. The Morgan fingerprint density at radius 3 is 2.39 bits per heavy atom. The third-order valence-corrected chi connectivity index (χ3v) is 5.59. The standard InChI is InChI=1S/C26H36N2O3/c1-26(2,3)31-25(30)28-17-11-10-16-23(28)19-27(18-21-12-6-4-7-13-21)20-24(29)22-14-8-5-9-15-22/h4-9,12-15,23-24,29H,10-11,16-20H2,1-3H3/t23?,24-/m1/s1. The van der Waals surface area contributed by atoms with Gasteiger partial charge in [0, 0.05) is 32.2 Å². The SMILES string of the molecule is CC(C)(C)OC(=O)N1CCCCC1CN(Cc1ccccc1)C[C@@H](O)c1ccccc1. The summed E-state index contributed by atoms with van der Waals surface area (Å²) < 4.78 is 5.68. The van der Waals surface area contributed by atoms with Crippen LogP contribution in [0.1, 0.15) is 57.3 Å². The second-order valence-corrected chi connectivity index (χ2v) is 9.43. The van der Waals surface area contributed by atoms with Crippen LogP contribution < -0.4 is 0 Å². The van der Waals surface area contributed by atoms with E-state index >= 15 is 0 Å². The van der Waals surface area contributed by atoms with E-state index in [1.165, 1.54) is 5.56 Å². The van der Waals surface area contributed by atoms with Crippen LogP contribution in [0, 0.1) is 0 Å². The lowest BCUT2D eigenvalue weighted by Crippen LogP contribution is -2.51. The zero-order chi connectivity index (χ0) is 22.3. The number of amides is 1. The Bertz CT molecular complexity index is 804. The zero-order valence-electron chi connectivity index (χ0n) is 19.0. The van der Waals surface area contributed by atoms with Crippen LogP contribution in [0.2, 0.25) is 0 Å². The van der Waals surface area contributed by atoms with Crippen molar-refractivity contribution in [2.24, 2.45) is 0 Å². The Balaban J connectivity index is 1.74. The van der Waals surface area contributed by atoms with Crippen LogP contribution >= 0.6 is 0 Å². The summed E-state index contributed by atoms with van der Waals surface area (Å²) in [6.07, 6.45) is 2.24. The summed E-state index contributed by atoms with van der Waals surface area (Å²) in [5, 5.41) is 10.9. The van der Waals surface area contributed by atoms with Crippen LogP contribution in [-0.4, -0.2) is 52.3 Å². The Morgan fingerprint density at radius 1 is 1.10 bits per heavy atom. The molecule has 2 atom stereocenters. The van der Waals surface area contributed by atoms with Crippen molar-refractivity contribution in [2.75, 3.05) is 19.6 Å². The number of benzene rings is 2. The third-order valence-electron chi connectivity index (χ3n) is 5.59. The number of ether oxygens (including phenoxy) is 1. The second kappa shape index (κ2) is 10.8. The number of piperidine rings is 1. The summed E-state index contributed by atoms with van der Waals surface area (Å²) in [7, 11) is 0. The Labute approximate surface area is 186 Å². The van der Waals surface area contributed by atoms with Crippen molar-refractivity contribution in [3.63, 3.8) is 0 Å². The Kier molecular flexibility index (Phi) is 8.10. The summed E-state index contributed by atoms with van der Waals surface area (Å²) in [6.45, 7) is 8.38. The molecule has 1 aliphatic rings. The molecule has 0 radical (unpaired) electrons. The van der Waals surface area contributed by atoms with Gasteiger partial charge in [0.2, 0.25) is 0 Å². The first-order chi connectivity index (χ1) is 14.8. The minimum atomic E-state index is -0.580. The van der Waals surface area contributed by atoms with Crippen LogP contribution in [0.3, 0.4) is 0 Å². The summed E-state index contributed by atoms with van der Waals surface area (Å²) in [5.74, 6) is 0. The fourth-order valence-electron chi connectivity index (χ4n) is 4.12. The van der Waals surface area contributed by atoms with Gasteiger partial charge in [-0.05, 0) is 51.2 Å². The molecule has 2 aromatic carbocycles. The van der Waals surface area contributed by atoms with Crippen LogP contribution in [-0.2, 0) is 11.3 Å². The molecule has 1 aliphatic heterocycles. The molecule has 0 bridgehead atoms. The maximum atomic E-state index is 12.8. The largest absolute Gasteiger partial charge is 0.444 e. The molecule has 1 fully saturated rings. The van der Waals surface area contributed by atoms with Gasteiger partial charge in [-0.15, -0.1) is 0 Å². The van der Waals surface area contributed by atoms with Gasteiger partial charge in [-0.3, -0.25) is 4.90 Å². The van der Waals surface area contributed by atoms with Crippen molar-refractivity contribution in [2.45, 2.75) is 64.3 Å². The first-order valence-corrected chi connectivity index (χ1v) is 11.3. The smallest absolute Gasteiger partial charge is 0.410 e. The van der Waals surface area contributed by atoms with E-state index in [0.717, 1.165) is 37.9 Å². The normalized spacial score (nSPS) is 18.1. The van der Waals surface area contributed by atoms with Crippen LogP contribution in [0.5, 0.6) is 0 Å².